The van der Waals surface area contributed by atoms with Crippen molar-refractivity contribution in [2.45, 2.75) is 31.7 Å². The van der Waals surface area contributed by atoms with Crippen molar-refractivity contribution in [3.8, 4) is 28.6 Å². The number of hydrogen-bond donors (Lipinski definition) is 0. The molecule has 0 saturated carbocycles. The Morgan fingerprint density at radius 1 is 1.13 bits per heavy atom. The Hall–Kier alpha value is -3.33. The van der Waals surface area contributed by atoms with Crippen LogP contribution < -0.4 is 19.1 Å². The smallest absolute Gasteiger partial charge is 0.247 e. The van der Waals surface area contributed by atoms with E-state index in [0.29, 0.717) is 40.3 Å². The van der Waals surface area contributed by atoms with E-state index in [1.165, 1.54) is 11.8 Å². The molecule has 9 heteroatoms. The number of hydrogen-bond acceptors (Lipinski definition) is 8. The minimum absolute atomic E-state index is 0.0842. The number of thioether (sulfide) groups is 1. The standard InChI is InChI=1S/C22H20N4O4S/c1-3-18(27)26-15-8-6-5-7-14(15)19-20(23-22(25-24-19)31-4-2)30-21(26)13-9-10-16-17(11-13)29-12-28-16/h5-11,21H,3-4,12H2,1-2H3/t21-/m0/s1. The second-order valence-corrected chi connectivity index (χ2v) is 8.13. The van der Waals surface area contributed by atoms with Gasteiger partial charge in [0.2, 0.25) is 30.0 Å². The molecule has 0 unspecified atom stereocenters. The molecule has 0 spiro atoms. The van der Waals surface area contributed by atoms with Gasteiger partial charge in [0, 0.05) is 17.5 Å². The van der Waals surface area contributed by atoms with Crippen molar-refractivity contribution in [3.05, 3.63) is 48.0 Å². The zero-order chi connectivity index (χ0) is 21.4. The monoisotopic (exact) mass is 436 g/mol. The van der Waals surface area contributed by atoms with Gasteiger partial charge in [-0.05, 0) is 30.0 Å². The first kappa shape index (κ1) is 19.6. The van der Waals surface area contributed by atoms with E-state index in [0.717, 1.165) is 16.9 Å². The van der Waals surface area contributed by atoms with Crippen LogP contribution >= 0.6 is 11.8 Å². The van der Waals surface area contributed by atoms with Crippen LogP contribution in [0.25, 0.3) is 11.3 Å². The summed E-state index contributed by atoms with van der Waals surface area (Å²) in [6.07, 6.45) is -0.439. The molecule has 0 bridgehead atoms. The molecule has 31 heavy (non-hydrogen) atoms. The molecule has 2 aliphatic rings. The van der Waals surface area contributed by atoms with Crippen molar-refractivity contribution >= 4 is 23.4 Å². The summed E-state index contributed by atoms with van der Waals surface area (Å²) in [6.45, 7) is 4.02. The average Bonchev–Trinajstić information content (AvgIpc) is 3.21. The maximum Gasteiger partial charge on any atom is 0.247 e. The predicted molar refractivity (Wildman–Crippen MR) is 115 cm³/mol. The molecular formula is C22H20N4O4S. The molecule has 0 aliphatic carbocycles. The van der Waals surface area contributed by atoms with Gasteiger partial charge in [0.25, 0.3) is 0 Å². The fourth-order valence-corrected chi connectivity index (χ4v) is 4.13. The molecule has 3 heterocycles. The highest BCUT2D eigenvalue weighted by Crippen LogP contribution is 2.45. The number of anilines is 1. The summed E-state index contributed by atoms with van der Waals surface area (Å²) in [5, 5.41) is 9.17. The molecular weight excluding hydrogens is 416 g/mol. The molecule has 8 nitrogen and oxygen atoms in total. The van der Waals surface area contributed by atoms with Crippen LogP contribution in [0.3, 0.4) is 0 Å². The van der Waals surface area contributed by atoms with Gasteiger partial charge in [0.05, 0.1) is 5.69 Å². The van der Waals surface area contributed by atoms with E-state index in [4.69, 9.17) is 14.2 Å². The first-order valence-corrected chi connectivity index (χ1v) is 11.0. The lowest BCUT2D eigenvalue weighted by Crippen LogP contribution is -2.37. The number of amides is 1. The molecule has 1 aromatic heterocycles. The van der Waals surface area contributed by atoms with Crippen LogP contribution in [0.4, 0.5) is 5.69 Å². The number of fused-ring (bicyclic) bond motifs is 4. The van der Waals surface area contributed by atoms with Crippen molar-refractivity contribution < 1.29 is 19.0 Å². The molecule has 0 radical (unpaired) electrons. The molecule has 3 aromatic rings. The van der Waals surface area contributed by atoms with Crippen molar-refractivity contribution in [3.63, 3.8) is 0 Å². The Morgan fingerprint density at radius 3 is 2.81 bits per heavy atom. The van der Waals surface area contributed by atoms with Crippen molar-refractivity contribution in [1.82, 2.24) is 15.2 Å². The number of ether oxygens (including phenoxy) is 3. The van der Waals surface area contributed by atoms with E-state index in [2.05, 4.69) is 15.2 Å². The van der Waals surface area contributed by atoms with Gasteiger partial charge in [0.15, 0.2) is 17.2 Å². The fraction of sp³-hybridized carbons (Fsp3) is 0.273. The van der Waals surface area contributed by atoms with Gasteiger partial charge in [-0.1, -0.05) is 43.8 Å². The third kappa shape index (κ3) is 3.44. The fourth-order valence-electron chi connectivity index (χ4n) is 3.63. The van der Waals surface area contributed by atoms with Crippen LogP contribution in [0.2, 0.25) is 0 Å². The van der Waals surface area contributed by atoms with Gasteiger partial charge >= 0.3 is 0 Å². The molecule has 2 aromatic carbocycles. The molecule has 0 saturated heterocycles. The van der Waals surface area contributed by atoms with Gasteiger partial charge < -0.3 is 14.2 Å². The molecule has 2 aliphatic heterocycles. The summed E-state index contributed by atoms with van der Waals surface area (Å²) in [7, 11) is 0. The number of nitrogens with zero attached hydrogens (tertiary/aromatic N) is 4. The lowest BCUT2D eigenvalue weighted by atomic mass is 10.1. The Kier molecular flexibility index (Phi) is 5.11. The van der Waals surface area contributed by atoms with Crippen molar-refractivity contribution in [2.24, 2.45) is 0 Å². The van der Waals surface area contributed by atoms with E-state index in [1.54, 1.807) is 4.90 Å². The summed E-state index contributed by atoms with van der Waals surface area (Å²) < 4.78 is 17.4. The first-order chi connectivity index (χ1) is 15.2. The summed E-state index contributed by atoms with van der Waals surface area (Å²) in [5.74, 6) is 2.35. The lowest BCUT2D eigenvalue weighted by molar-refractivity contribution is -0.120. The Bertz CT molecular complexity index is 1160. The van der Waals surface area contributed by atoms with Crippen LogP contribution in [0, 0.1) is 0 Å². The zero-order valence-electron chi connectivity index (χ0n) is 17.1. The van der Waals surface area contributed by atoms with Gasteiger partial charge in [-0.15, -0.1) is 10.2 Å². The van der Waals surface area contributed by atoms with Gasteiger partial charge in [-0.2, -0.15) is 4.98 Å². The molecule has 0 N–H and O–H groups in total. The molecule has 158 valence electrons. The molecule has 0 fully saturated rings. The third-order valence-electron chi connectivity index (χ3n) is 5.04. The number of para-hydroxylation sites is 1. The van der Waals surface area contributed by atoms with Crippen LogP contribution in [0.1, 0.15) is 32.1 Å². The van der Waals surface area contributed by atoms with Crippen molar-refractivity contribution in [1.29, 1.82) is 0 Å². The number of aromatic nitrogens is 3. The van der Waals surface area contributed by atoms with Gasteiger partial charge in [-0.3, -0.25) is 9.69 Å². The minimum Gasteiger partial charge on any atom is -0.454 e. The van der Waals surface area contributed by atoms with E-state index < -0.39 is 6.23 Å². The molecule has 1 atom stereocenters. The lowest BCUT2D eigenvalue weighted by Gasteiger charge is -2.30. The molecule has 5 rings (SSSR count). The van der Waals surface area contributed by atoms with E-state index in [-0.39, 0.29) is 12.7 Å². The van der Waals surface area contributed by atoms with Crippen LogP contribution in [-0.2, 0) is 4.79 Å². The Morgan fingerprint density at radius 2 is 1.97 bits per heavy atom. The number of rotatable bonds is 4. The highest BCUT2D eigenvalue weighted by molar-refractivity contribution is 7.99. The van der Waals surface area contributed by atoms with Crippen LogP contribution in [0.15, 0.2) is 47.6 Å². The quantitative estimate of drug-likeness (QED) is 0.562. The van der Waals surface area contributed by atoms with E-state index >= 15 is 0 Å². The van der Waals surface area contributed by atoms with Gasteiger partial charge in [-0.25, -0.2) is 0 Å². The number of carbonyl (C=O) groups excluding carboxylic acids is 1. The summed E-state index contributed by atoms with van der Waals surface area (Å²) in [4.78, 5) is 19.4. The largest absolute Gasteiger partial charge is 0.454 e. The maximum atomic E-state index is 13.1. The normalized spacial score (nSPS) is 16.2. The number of carbonyl (C=O) groups is 1. The Labute approximate surface area is 183 Å². The Balaban J connectivity index is 1.71. The summed E-state index contributed by atoms with van der Waals surface area (Å²) >= 11 is 1.48. The van der Waals surface area contributed by atoms with Crippen molar-refractivity contribution in [2.75, 3.05) is 17.4 Å². The van der Waals surface area contributed by atoms with E-state index in [9.17, 15) is 4.79 Å². The van der Waals surface area contributed by atoms with Crippen LogP contribution in [0.5, 0.6) is 17.4 Å². The van der Waals surface area contributed by atoms with E-state index in [1.807, 2.05) is 56.3 Å². The highest BCUT2D eigenvalue weighted by Gasteiger charge is 2.36. The zero-order valence-corrected chi connectivity index (χ0v) is 17.9. The first-order valence-electron chi connectivity index (χ1n) is 10.0. The summed E-state index contributed by atoms with van der Waals surface area (Å²) in [5.41, 5.74) is 2.70. The third-order valence-corrected chi connectivity index (χ3v) is 5.76. The number of benzene rings is 2. The SMILES string of the molecule is CCSc1nnc2c(n1)O[C@@H](c1ccc3c(c1)OCO3)N(C(=O)CC)c1ccccc1-2. The molecule has 1 amide bonds. The predicted octanol–water partition coefficient (Wildman–Crippen LogP) is 4.21. The minimum atomic E-state index is -0.750. The second kappa shape index (κ2) is 8.07. The second-order valence-electron chi connectivity index (χ2n) is 6.90. The van der Waals surface area contributed by atoms with Gasteiger partial charge in [0.1, 0.15) is 0 Å². The average molecular weight is 436 g/mol. The summed E-state index contributed by atoms with van der Waals surface area (Å²) in [6, 6.07) is 13.1. The highest BCUT2D eigenvalue weighted by atomic mass is 32.2. The maximum absolute atomic E-state index is 13.1. The topological polar surface area (TPSA) is 86.7 Å². The van der Waals surface area contributed by atoms with Crippen LogP contribution in [-0.4, -0.2) is 33.6 Å².